The number of carbonyl (C=O) groups is 2. The molecule has 0 aromatic carbocycles. The van der Waals surface area contributed by atoms with E-state index in [9.17, 15) is 9.59 Å². The van der Waals surface area contributed by atoms with Gasteiger partial charge in [-0.15, -0.1) is 0 Å². The molecule has 0 spiro atoms. The minimum absolute atomic E-state index is 0.0113. The SMILES string of the molecule is C=C(C)C(=O)OC1(C(C)C)COC(=O)C1C. The van der Waals surface area contributed by atoms with Gasteiger partial charge in [0.15, 0.2) is 5.60 Å². The van der Waals surface area contributed by atoms with Crippen LogP contribution in [0.1, 0.15) is 27.7 Å². The van der Waals surface area contributed by atoms with E-state index in [1.165, 1.54) is 0 Å². The lowest BCUT2D eigenvalue weighted by molar-refractivity contribution is -0.164. The molecule has 1 rings (SSSR count). The zero-order chi connectivity index (χ0) is 12.5. The molecule has 0 aromatic rings. The standard InChI is InChI=1S/C12H18O4/c1-7(2)10(13)16-12(8(3)4)6-15-11(14)9(12)5/h8-9H,1,6H2,2-5H3. The van der Waals surface area contributed by atoms with E-state index in [0.29, 0.717) is 5.57 Å². The largest absolute Gasteiger partial charge is 0.461 e. The van der Waals surface area contributed by atoms with Crippen LogP contribution in [0.25, 0.3) is 0 Å². The quantitative estimate of drug-likeness (QED) is 0.543. The van der Waals surface area contributed by atoms with Gasteiger partial charge in [-0.2, -0.15) is 0 Å². The molecule has 0 N–H and O–H groups in total. The fraction of sp³-hybridized carbons (Fsp3) is 0.667. The Morgan fingerprint density at radius 1 is 1.62 bits per heavy atom. The Morgan fingerprint density at radius 2 is 2.19 bits per heavy atom. The van der Waals surface area contributed by atoms with Crippen molar-refractivity contribution in [1.29, 1.82) is 0 Å². The van der Waals surface area contributed by atoms with Crippen molar-refractivity contribution in [2.75, 3.05) is 6.61 Å². The highest BCUT2D eigenvalue weighted by atomic mass is 16.6. The number of carbonyl (C=O) groups excluding carboxylic acids is 2. The van der Waals surface area contributed by atoms with Crippen LogP contribution in [0.5, 0.6) is 0 Å². The van der Waals surface area contributed by atoms with Gasteiger partial charge in [0.25, 0.3) is 0 Å². The minimum Gasteiger partial charge on any atom is -0.461 e. The highest BCUT2D eigenvalue weighted by Crippen LogP contribution is 2.37. The van der Waals surface area contributed by atoms with Crippen LogP contribution in [0, 0.1) is 11.8 Å². The van der Waals surface area contributed by atoms with Crippen LogP contribution in [0.2, 0.25) is 0 Å². The van der Waals surface area contributed by atoms with Gasteiger partial charge in [-0.25, -0.2) is 4.79 Å². The lowest BCUT2D eigenvalue weighted by Crippen LogP contribution is -2.46. The maximum atomic E-state index is 11.6. The van der Waals surface area contributed by atoms with E-state index >= 15 is 0 Å². The normalized spacial score (nSPS) is 29.1. The Bertz CT molecular complexity index is 332. The molecule has 0 amide bonds. The van der Waals surface area contributed by atoms with E-state index in [1.54, 1.807) is 13.8 Å². The summed E-state index contributed by atoms with van der Waals surface area (Å²) in [6.07, 6.45) is 0. The van der Waals surface area contributed by atoms with Gasteiger partial charge in [0.2, 0.25) is 0 Å². The summed E-state index contributed by atoms with van der Waals surface area (Å²) in [6.45, 7) is 10.8. The van der Waals surface area contributed by atoms with E-state index in [2.05, 4.69) is 6.58 Å². The number of hydrogen-bond donors (Lipinski definition) is 0. The molecule has 4 heteroatoms. The molecule has 1 fully saturated rings. The fourth-order valence-electron chi connectivity index (χ4n) is 1.80. The van der Waals surface area contributed by atoms with Crippen LogP contribution in [-0.4, -0.2) is 24.1 Å². The molecule has 0 radical (unpaired) electrons. The first kappa shape index (κ1) is 12.7. The molecule has 2 unspecified atom stereocenters. The molecule has 90 valence electrons. The molecule has 1 heterocycles. The van der Waals surface area contributed by atoms with Gasteiger partial charge in [-0.05, 0) is 19.8 Å². The second-order valence-corrected chi connectivity index (χ2v) is 4.61. The Hall–Kier alpha value is -1.32. The minimum atomic E-state index is -0.854. The third-order valence-corrected chi connectivity index (χ3v) is 3.13. The molecular weight excluding hydrogens is 208 g/mol. The highest BCUT2D eigenvalue weighted by Gasteiger charge is 2.53. The number of ether oxygens (including phenoxy) is 2. The van der Waals surface area contributed by atoms with Crippen LogP contribution in [-0.2, 0) is 19.1 Å². The first-order chi connectivity index (χ1) is 7.31. The Morgan fingerprint density at radius 3 is 2.50 bits per heavy atom. The predicted octanol–water partition coefficient (Wildman–Crippen LogP) is 1.69. The van der Waals surface area contributed by atoms with Crippen molar-refractivity contribution in [3.05, 3.63) is 12.2 Å². The van der Waals surface area contributed by atoms with Gasteiger partial charge in [0, 0.05) is 5.57 Å². The maximum Gasteiger partial charge on any atom is 0.333 e. The predicted molar refractivity (Wildman–Crippen MR) is 58.6 cm³/mol. The van der Waals surface area contributed by atoms with Crippen molar-refractivity contribution >= 4 is 11.9 Å². The van der Waals surface area contributed by atoms with Crippen LogP contribution in [0.3, 0.4) is 0 Å². The van der Waals surface area contributed by atoms with Crippen molar-refractivity contribution in [2.45, 2.75) is 33.3 Å². The van der Waals surface area contributed by atoms with Crippen molar-refractivity contribution in [1.82, 2.24) is 0 Å². The van der Waals surface area contributed by atoms with Crippen LogP contribution >= 0.6 is 0 Å². The summed E-state index contributed by atoms with van der Waals surface area (Å²) in [4.78, 5) is 23.0. The van der Waals surface area contributed by atoms with E-state index in [0.717, 1.165) is 0 Å². The average molecular weight is 226 g/mol. The zero-order valence-corrected chi connectivity index (χ0v) is 10.2. The van der Waals surface area contributed by atoms with Gasteiger partial charge in [0.1, 0.15) is 6.61 Å². The monoisotopic (exact) mass is 226 g/mol. The molecule has 1 saturated heterocycles. The lowest BCUT2D eigenvalue weighted by atomic mass is 9.81. The van der Waals surface area contributed by atoms with E-state index in [1.807, 2.05) is 13.8 Å². The number of esters is 2. The zero-order valence-electron chi connectivity index (χ0n) is 10.2. The fourth-order valence-corrected chi connectivity index (χ4v) is 1.80. The Kier molecular flexibility index (Phi) is 3.41. The molecule has 0 bridgehead atoms. The van der Waals surface area contributed by atoms with E-state index in [-0.39, 0.29) is 18.5 Å². The van der Waals surface area contributed by atoms with Gasteiger partial charge in [-0.1, -0.05) is 20.4 Å². The molecule has 0 saturated carbocycles. The summed E-state index contributed by atoms with van der Waals surface area (Å²) in [7, 11) is 0. The molecule has 2 atom stereocenters. The van der Waals surface area contributed by atoms with Crippen molar-refractivity contribution in [3.8, 4) is 0 Å². The van der Waals surface area contributed by atoms with E-state index in [4.69, 9.17) is 9.47 Å². The summed E-state index contributed by atoms with van der Waals surface area (Å²) in [5.41, 5.74) is -0.529. The van der Waals surface area contributed by atoms with Gasteiger partial charge in [0.05, 0.1) is 5.92 Å². The molecule has 0 aromatic heterocycles. The number of rotatable bonds is 3. The summed E-state index contributed by atoms with van der Waals surface area (Å²) >= 11 is 0. The highest BCUT2D eigenvalue weighted by molar-refractivity contribution is 5.88. The van der Waals surface area contributed by atoms with Crippen LogP contribution in [0.15, 0.2) is 12.2 Å². The third kappa shape index (κ3) is 1.96. The molecule has 0 aliphatic carbocycles. The van der Waals surface area contributed by atoms with Crippen LogP contribution < -0.4 is 0 Å². The van der Waals surface area contributed by atoms with Crippen molar-refractivity contribution in [2.24, 2.45) is 11.8 Å². The topological polar surface area (TPSA) is 52.6 Å². The number of cyclic esters (lactones) is 1. The second-order valence-electron chi connectivity index (χ2n) is 4.61. The lowest BCUT2D eigenvalue weighted by Gasteiger charge is -2.33. The third-order valence-electron chi connectivity index (χ3n) is 3.13. The first-order valence-corrected chi connectivity index (χ1v) is 5.36. The molecular formula is C12H18O4. The van der Waals surface area contributed by atoms with Crippen molar-refractivity contribution < 1.29 is 19.1 Å². The summed E-state index contributed by atoms with van der Waals surface area (Å²) in [5.74, 6) is -1.21. The summed E-state index contributed by atoms with van der Waals surface area (Å²) in [6, 6.07) is 0. The van der Waals surface area contributed by atoms with Gasteiger partial charge in [-0.3, -0.25) is 4.79 Å². The van der Waals surface area contributed by atoms with E-state index < -0.39 is 17.5 Å². The van der Waals surface area contributed by atoms with Gasteiger partial charge < -0.3 is 9.47 Å². The summed E-state index contributed by atoms with van der Waals surface area (Å²) < 4.78 is 10.4. The molecule has 16 heavy (non-hydrogen) atoms. The first-order valence-electron chi connectivity index (χ1n) is 5.36. The average Bonchev–Trinajstić information content (AvgIpc) is 2.47. The molecule has 1 aliphatic rings. The van der Waals surface area contributed by atoms with Crippen molar-refractivity contribution in [3.63, 3.8) is 0 Å². The molecule has 1 aliphatic heterocycles. The second kappa shape index (κ2) is 4.28. The van der Waals surface area contributed by atoms with Gasteiger partial charge >= 0.3 is 11.9 Å². The number of hydrogen-bond acceptors (Lipinski definition) is 4. The Labute approximate surface area is 95.6 Å². The molecule has 4 nitrogen and oxygen atoms in total. The maximum absolute atomic E-state index is 11.6. The Balaban J connectivity index is 2.95. The smallest absolute Gasteiger partial charge is 0.333 e. The summed E-state index contributed by atoms with van der Waals surface area (Å²) in [5, 5.41) is 0. The van der Waals surface area contributed by atoms with Crippen LogP contribution in [0.4, 0.5) is 0 Å².